The number of halogens is 3. The summed E-state index contributed by atoms with van der Waals surface area (Å²) in [6, 6.07) is 4.08. The fourth-order valence-corrected chi connectivity index (χ4v) is 3.19. The minimum atomic E-state index is -4.72. The molecule has 3 rings (SSSR count). The average Bonchev–Trinajstić information content (AvgIpc) is 3.07. The fraction of sp³-hybridized carbons (Fsp3) is 0.133. The van der Waals surface area contributed by atoms with Crippen molar-refractivity contribution in [3.63, 3.8) is 0 Å². The molecule has 0 atom stereocenters. The summed E-state index contributed by atoms with van der Waals surface area (Å²) in [4.78, 5) is 27.1. The highest BCUT2D eigenvalue weighted by atomic mass is 32.1. The number of pyridine rings is 1. The number of anilines is 2. The largest absolute Gasteiger partial charge is 0.418 e. The molecule has 0 spiro atoms. The molecular weight excluding hydrogens is 343 g/mol. The lowest BCUT2D eigenvalue weighted by atomic mass is 10.0. The van der Waals surface area contributed by atoms with E-state index in [1.807, 2.05) is 0 Å². The lowest BCUT2D eigenvalue weighted by Gasteiger charge is -2.13. The second-order valence-electron chi connectivity index (χ2n) is 4.98. The molecule has 2 N–H and O–H groups in total. The molecule has 124 valence electrons. The Kier molecular flexibility index (Phi) is 3.88. The van der Waals surface area contributed by atoms with Gasteiger partial charge in [-0.05, 0) is 17.5 Å². The van der Waals surface area contributed by atoms with E-state index in [-0.39, 0.29) is 21.9 Å². The first-order chi connectivity index (χ1) is 11.3. The van der Waals surface area contributed by atoms with Gasteiger partial charge >= 0.3 is 6.18 Å². The molecule has 2 amide bonds. The lowest BCUT2D eigenvalue weighted by Crippen LogP contribution is -2.15. The molecule has 0 bridgehead atoms. The third-order valence-corrected chi connectivity index (χ3v) is 4.12. The van der Waals surface area contributed by atoms with Crippen molar-refractivity contribution in [1.29, 1.82) is 0 Å². The quantitative estimate of drug-likeness (QED) is 0.812. The number of alkyl halides is 3. The molecule has 0 fully saturated rings. The lowest BCUT2D eigenvalue weighted by molar-refractivity contribution is -0.114. The molecule has 1 aliphatic heterocycles. The van der Waals surface area contributed by atoms with Crippen LogP contribution >= 0.6 is 11.3 Å². The van der Waals surface area contributed by atoms with Crippen LogP contribution in [-0.2, 0) is 9.59 Å². The molecule has 0 saturated carbocycles. The fourth-order valence-electron chi connectivity index (χ4n) is 2.39. The van der Waals surface area contributed by atoms with Crippen molar-refractivity contribution in [3.05, 3.63) is 40.2 Å². The molecule has 0 aromatic carbocycles. The van der Waals surface area contributed by atoms with E-state index >= 15 is 0 Å². The van der Waals surface area contributed by atoms with E-state index in [9.17, 15) is 22.8 Å². The number of thiophene rings is 1. The zero-order chi connectivity index (χ0) is 17.5. The first kappa shape index (κ1) is 16.2. The second-order valence-corrected chi connectivity index (χ2v) is 5.93. The summed E-state index contributed by atoms with van der Waals surface area (Å²) in [5, 5.41) is 6.27. The topological polar surface area (TPSA) is 71.1 Å². The Morgan fingerprint density at radius 1 is 1.38 bits per heavy atom. The first-order valence-corrected chi connectivity index (χ1v) is 7.60. The first-order valence-electron chi connectivity index (χ1n) is 6.72. The van der Waals surface area contributed by atoms with Crippen molar-refractivity contribution in [1.82, 2.24) is 4.98 Å². The van der Waals surface area contributed by atoms with Crippen molar-refractivity contribution in [2.45, 2.75) is 13.1 Å². The van der Waals surface area contributed by atoms with Gasteiger partial charge in [0.25, 0.3) is 5.91 Å². The summed E-state index contributed by atoms with van der Waals surface area (Å²) in [6.45, 7) is 1.26. The molecule has 9 heteroatoms. The summed E-state index contributed by atoms with van der Waals surface area (Å²) in [5.74, 6) is -1.24. The van der Waals surface area contributed by atoms with Crippen molar-refractivity contribution >= 4 is 45.8 Å². The standard InChI is InChI=1S/C15H10F3N3O2S/c1-7(22)20-8-5-9-11(14(23)21-13(9)19-6-8)12(15(16,17)18)10-3-2-4-24-10/h2-6H,1H3,(H,20,22)(H,19,21,23). The van der Waals surface area contributed by atoms with Gasteiger partial charge in [0.1, 0.15) is 5.82 Å². The third kappa shape index (κ3) is 2.90. The molecule has 2 aromatic rings. The Morgan fingerprint density at radius 2 is 2.12 bits per heavy atom. The van der Waals surface area contributed by atoms with Crippen LogP contribution in [0, 0.1) is 0 Å². The van der Waals surface area contributed by atoms with E-state index in [0.29, 0.717) is 0 Å². The number of amides is 2. The summed E-state index contributed by atoms with van der Waals surface area (Å²) >= 11 is 0.888. The van der Waals surface area contributed by atoms with Gasteiger partial charge in [-0.25, -0.2) is 4.98 Å². The summed E-state index contributed by atoms with van der Waals surface area (Å²) in [6.07, 6.45) is -3.45. The molecule has 3 heterocycles. The van der Waals surface area contributed by atoms with Gasteiger partial charge in [-0.3, -0.25) is 9.59 Å². The number of nitrogens with zero attached hydrogens (tertiary/aromatic N) is 1. The van der Waals surface area contributed by atoms with Crippen LogP contribution in [0.15, 0.2) is 29.8 Å². The Hall–Kier alpha value is -2.68. The average molecular weight is 353 g/mol. The maximum atomic E-state index is 13.6. The summed E-state index contributed by atoms with van der Waals surface area (Å²) in [5.41, 5.74) is -1.30. The van der Waals surface area contributed by atoms with Crippen LogP contribution in [0.3, 0.4) is 0 Å². The smallest absolute Gasteiger partial charge is 0.325 e. The molecule has 2 aromatic heterocycles. The van der Waals surface area contributed by atoms with Gasteiger partial charge in [0.15, 0.2) is 0 Å². The predicted molar refractivity (Wildman–Crippen MR) is 84.4 cm³/mol. The van der Waals surface area contributed by atoms with Gasteiger partial charge < -0.3 is 10.6 Å². The van der Waals surface area contributed by atoms with E-state index in [2.05, 4.69) is 15.6 Å². The Balaban J connectivity index is 2.24. The number of hydrogen-bond acceptors (Lipinski definition) is 4. The number of aromatic nitrogens is 1. The SMILES string of the molecule is CC(=O)Nc1cnc2c(c1)C(=C(c1cccs1)C(F)(F)F)C(=O)N2. The number of carbonyl (C=O) groups is 2. The van der Waals surface area contributed by atoms with Crippen molar-refractivity contribution in [2.75, 3.05) is 10.6 Å². The summed E-state index contributed by atoms with van der Waals surface area (Å²) < 4.78 is 40.8. The van der Waals surface area contributed by atoms with Crippen LogP contribution in [0.25, 0.3) is 11.1 Å². The highest BCUT2D eigenvalue weighted by Gasteiger charge is 2.43. The number of rotatable bonds is 2. The molecule has 0 saturated heterocycles. The third-order valence-electron chi connectivity index (χ3n) is 3.24. The van der Waals surface area contributed by atoms with Crippen LogP contribution in [0.4, 0.5) is 24.7 Å². The van der Waals surface area contributed by atoms with Crippen molar-refractivity contribution in [3.8, 4) is 0 Å². The highest BCUT2D eigenvalue weighted by Crippen LogP contribution is 2.45. The van der Waals surface area contributed by atoms with Gasteiger partial charge in [0.05, 0.1) is 23.0 Å². The molecule has 24 heavy (non-hydrogen) atoms. The monoisotopic (exact) mass is 353 g/mol. The van der Waals surface area contributed by atoms with Crippen LogP contribution in [0.2, 0.25) is 0 Å². The van der Waals surface area contributed by atoms with E-state index in [1.165, 1.54) is 36.7 Å². The zero-order valence-corrected chi connectivity index (χ0v) is 13.0. The number of carbonyl (C=O) groups excluding carboxylic acids is 2. The molecule has 0 unspecified atom stereocenters. The number of nitrogens with one attached hydrogen (secondary N) is 2. The number of fused-ring (bicyclic) bond motifs is 1. The zero-order valence-electron chi connectivity index (χ0n) is 12.2. The van der Waals surface area contributed by atoms with E-state index in [1.54, 1.807) is 0 Å². The van der Waals surface area contributed by atoms with Gasteiger partial charge in [-0.2, -0.15) is 13.2 Å². The van der Waals surface area contributed by atoms with Crippen LogP contribution < -0.4 is 10.6 Å². The van der Waals surface area contributed by atoms with Gasteiger partial charge in [-0.1, -0.05) is 6.07 Å². The number of allylic oxidation sites excluding steroid dienone is 1. The van der Waals surface area contributed by atoms with Crippen molar-refractivity contribution in [2.24, 2.45) is 0 Å². The van der Waals surface area contributed by atoms with Gasteiger partial charge in [0, 0.05) is 17.4 Å². The minimum absolute atomic E-state index is 0.00646. The summed E-state index contributed by atoms with van der Waals surface area (Å²) in [7, 11) is 0. The minimum Gasteiger partial charge on any atom is -0.325 e. The maximum Gasteiger partial charge on any atom is 0.418 e. The van der Waals surface area contributed by atoms with Crippen LogP contribution in [0.5, 0.6) is 0 Å². The maximum absolute atomic E-state index is 13.6. The van der Waals surface area contributed by atoms with E-state index < -0.39 is 29.1 Å². The number of hydrogen-bond donors (Lipinski definition) is 2. The molecule has 5 nitrogen and oxygen atoms in total. The van der Waals surface area contributed by atoms with Gasteiger partial charge in [-0.15, -0.1) is 11.3 Å². The second kappa shape index (κ2) is 5.75. The predicted octanol–water partition coefficient (Wildman–Crippen LogP) is 3.53. The van der Waals surface area contributed by atoms with E-state index in [0.717, 1.165) is 11.3 Å². The van der Waals surface area contributed by atoms with Crippen LogP contribution in [0.1, 0.15) is 17.4 Å². The van der Waals surface area contributed by atoms with Crippen LogP contribution in [-0.4, -0.2) is 23.0 Å². The molecule has 0 aliphatic carbocycles. The Bertz CT molecular complexity index is 857. The van der Waals surface area contributed by atoms with E-state index in [4.69, 9.17) is 0 Å². The van der Waals surface area contributed by atoms with Crippen molar-refractivity contribution < 1.29 is 22.8 Å². The Labute approximate surface area is 138 Å². The van der Waals surface area contributed by atoms with Gasteiger partial charge in [0.2, 0.25) is 5.91 Å². The normalized spacial score (nSPS) is 15.8. The molecule has 0 radical (unpaired) electrons. The molecule has 1 aliphatic rings. The molecular formula is C15H10F3N3O2S. The Morgan fingerprint density at radius 3 is 2.71 bits per heavy atom. The highest BCUT2D eigenvalue weighted by molar-refractivity contribution is 7.11.